The lowest BCUT2D eigenvalue weighted by Crippen LogP contribution is -2.67. The highest BCUT2D eigenvalue weighted by molar-refractivity contribution is 5.93. The Kier molecular flexibility index (Phi) is 5.26. The summed E-state index contributed by atoms with van der Waals surface area (Å²) in [5, 5.41) is 22.1. The number of esters is 2. The Morgan fingerprint density at radius 3 is 2.53 bits per heavy atom. The number of hydrogen-bond acceptors (Lipinski definition) is 7. The SMILES string of the molecule is C[C@]12C(=CC[C@]3(C)[C@@H]1CC[C@@H](O)[C@]3(C)O)C(=O)O[C@H](c1ccoc1)[C@H]2OC(=O)c1ccccc1. The first-order valence-corrected chi connectivity index (χ1v) is 11.7. The number of hydrogen-bond donors (Lipinski definition) is 2. The largest absolute Gasteiger partial charge is 0.472 e. The minimum absolute atomic E-state index is 0.255. The summed E-state index contributed by atoms with van der Waals surface area (Å²) in [6.07, 6.45) is 3.47. The van der Waals surface area contributed by atoms with Crippen LogP contribution in [0.15, 0.2) is 65.0 Å². The van der Waals surface area contributed by atoms with Gasteiger partial charge in [-0.1, -0.05) is 38.1 Å². The molecule has 1 aliphatic heterocycles. The highest BCUT2D eigenvalue weighted by Crippen LogP contribution is 2.65. The number of benzene rings is 1. The van der Waals surface area contributed by atoms with E-state index in [4.69, 9.17) is 13.9 Å². The first-order chi connectivity index (χ1) is 16.1. The molecule has 1 aromatic heterocycles. The molecule has 5 rings (SSSR count). The van der Waals surface area contributed by atoms with Crippen LogP contribution in [0.4, 0.5) is 0 Å². The van der Waals surface area contributed by atoms with Crippen LogP contribution < -0.4 is 0 Å². The molecule has 180 valence electrons. The number of fused-ring (bicyclic) bond motifs is 3. The average molecular weight is 467 g/mol. The molecule has 0 spiro atoms. The summed E-state index contributed by atoms with van der Waals surface area (Å²) in [4.78, 5) is 26.5. The molecule has 0 unspecified atom stereocenters. The second-order valence-corrected chi connectivity index (χ2v) is 10.4. The molecule has 2 heterocycles. The number of carbonyl (C=O) groups excluding carboxylic acids is 2. The first kappa shape index (κ1) is 22.9. The standard InChI is InChI=1S/C27H30O7/c1-25-13-11-18-24(30)33-21(17-12-14-32-15-17)22(34-23(29)16-7-5-4-6-8-16)26(18,2)19(25)9-10-20(28)27(25,3)31/h4-8,11-12,14-15,19-22,28,31H,9-10,13H2,1-3H3/t19-,20+,21+,22+,25+,26-,27-/m0/s1. The molecule has 34 heavy (non-hydrogen) atoms. The average Bonchev–Trinajstić information content (AvgIpc) is 3.34. The van der Waals surface area contributed by atoms with Crippen LogP contribution in [-0.2, 0) is 14.3 Å². The third-order valence-corrected chi connectivity index (χ3v) is 8.77. The highest BCUT2D eigenvalue weighted by atomic mass is 16.6. The second-order valence-electron chi connectivity index (χ2n) is 10.4. The molecule has 2 fully saturated rings. The van der Waals surface area contributed by atoms with Gasteiger partial charge in [0.05, 0.1) is 29.8 Å². The molecular weight excluding hydrogens is 436 g/mol. The maximum Gasteiger partial charge on any atom is 0.338 e. The molecule has 7 nitrogen and oxygen atoms in total. The molecule has 3 aliphatic rings. The lowest BCUT2D eigenvalue weighted by Gasteiger charge is -2.63. The van der Waals surface area contributed by atoms with Gasteiger partial charge >= 0.3 is 11.9 Å². The van der Waals surface area contributed by atoms with Crippen molar-refractivity contribution >= 4 is 11.9 Å². The van der Waals surface area contributed by atoms with Crippen molar-refractivity contribution in [1.82, 2.24) is 0 Å². The summed E-state index contributed by atoms with van der Waals surface area (Å²) < 4.78 is 17.3. The van der Waals surface area contributed by atoms with Gasteiger partial charge in [0, 0.05) is 22.0 Å². The van der Waals surface area contributed by atoms with Crippen molar-refractivity contribution in [2.75, 3.05) is 0 Å². The molecule has 1 saturated carbocycles. The van der Waals surface area contributed by atoms with E-state index in [9.17, 15) is 19.8 Å². The van der Waals surface area contributed by atoms with Gasteiger partial charge in [-0.25, -0.2) is 9.59 Å². The van der Waals surface area contributed by atoms with Crippen LogP contribution in [0, 0.1) is 16.7 Å². The minimum atomic E-state index is -1.39. The van der Waals surface area contributed by atoms with E-state index in [0.717, 1.165) is 0 Å². The summed E-state index contributed by atoms with van der Waals surface area (Å²) in [5.74, 6) is -1.24. The molecule has 1 aromatic carbocycles. The van der Waals surface area contributed by atoms with Gasteiger partial charge in [-0.2, -0.15) is 0 Å². The number of aliphatic hydroxyl groups excluding tert-OH is 1. The van der Waals surface area contributed by atoms with Gasteiger partial charge in [0.1, 0.15) is 0 Å². The molecule has 0 radical (unpaired) electrons. The maximum atomic E-state index is 13.3. The van der Waals surface area contributed by atoms with E-state index in [-0.39, 0.29) is 5.92 Å². The summed E-state index contributed by atoms with van der Waals surface area (Å²) in [7, 11) is 0. The third-order valence-electron chi connectivity index (χ3n) is 8.77. The Morgan fingerprint density at radius 1 is 1.12 bits per heavy atom. The lowest BCUT2D eigenvalue weighted by atomic mass is 9.44. The Morgan fingerprint density at radius 2 is 1.85 bits per heavy atom. The maximum absolute atomic E-state index is 13.3. The van der Waals surface area contributed by atoms with Crippen molar-refractivity contribution < 1.29 is 33.7 Å². The van der Waals surface area contributed by atoms with Crippen LogP contribution in [0.3, 0.4) is 0 Å². The summed E-state index contributed by atoms with van der Waals surface area (Å²) >= 11 is 0. The normalized spacial score (nSPS) is 39.3. The van der Waals surface area contributed by atoms with Crippen molar-refractivity contribution in [2.24, 2.45) is 16.7 Å². The Hall–Kier alpha value is -2.90. The van der Waals surface area contributed by atoms with E-state index in [1.807, 2.05) is 19.9 Å². The predicted octanol–water partition coefficient (Wildman–Crippen LogP) is 3.97. The summed E-state index contributed by atoms with van der Waals surface area (Å²) in [5.41, 5.74) is -1.66. The number of ether oxygens (including phenoxy) is 2. The van der Waals surface area contributed by atoms with E-state index in [2.05, 4.69) is 0 Å². The zero-order valence-electron chi connectivity index (χ0n) is 19.6. The second kappa shape index (κ2) is 7.82. The number of carbonyl (C=O) groups is 2. The molecule has 2 N–H and O–H groups in total. The van der Waals surface area contributed by atoms with Crippen molar-refractivity contribution in [1.29, 1.82) is 0 Å². The van der Waals surface area contributed by atoms with Crippen molar-refractivity contribution in [3.8, 4) is 0 Å². The van der Waals surface area contributed by atoms with E-state index in [1.165, 1.54) is 12.5 Å². The van der Waals surface area contributed by atoms with Gasteiger partial charge in [0.15, 0.2) is 12.2 Å². The van der Waals surface area contributed by atoms with Crippen LogP contribution in [0.25, 0.3) is 0 Å². The number of furan rings is 1. The van der Waals surface area contributed by atoms with Crippen molar-refractivity contribution in [3.05, 3.63) is 71.7 Å². The van der Waals surface area contributed by atoms with Crippen LogP contribution in [0.2, 0.25) is 0 Å². The van der Waals surface area contributed by atoms with Gasteiger partial charge in [-0.05, 0) is 50.3 Å². The fraction of sp³-hybridized carbons (Fsp3) is 0.481. The number of allylic oxidation sites excluding steroid dienone is 1. The number of cyclic esters (lactones) is 1. The van der Waals surface area contributed by atoms with Crippen molar-refractivity contribution in [2.45, 2.75) is 63.9 Å². The van der Waals surface area contributed by atoms with Crippen molar-refractivity contribution in [3.63, 3.8) is 0 Å². The molecule has 0 amide bonds. The minimum Gasteiger partial charge on any atom is -0.472 e. The van der Waals surface area contributed by atoms with Gasteiger partial charge in [0.2, 0.25) is 0 Å². The molecule has 7 heteroatoms. The Balaban J connectivity index is 1.65. The topological polar surface area (TPSA) is 106 Å². The molecule has 1 saturated heterocycles. The Labute approximate surface area is 198 Å². The highest BCUT2D eigenvalue weighted by Gasteiger charge is 2.68. The quantitative estimate of drug-likeness (QED) is 0.660. The molecule has 2 aromatic rings. The lowest BCUT2D eigenvalue weighted by molar-refractivity contribution is -0.235. The zero-order valence-corrected chi connectivity index (χ0v) is 19.6. The molecule has 7 atom stereocenters. The first-order valence-electron chi connectivity index (χ1n) is 11.7. The predicted molar refractivity (Wildman–Crippen MR) is 121 cm³/mol. The van der Waals surface area contributed by atoms with Crippen LogP contribution >= 0.6 is 0 Å². The smallest absolute Gasteiger partial charge is 0.338 e. The van der Waals surface area contributed by atoms with Gasteiger partial charge in [-0.15, -0.1) is 0 Å². The summed E-state index contributed by atoms with van der Waals surface area (Å²) in [6, 6.07) is 10.4. The van der Waals surface area contributed by atoms with E-state index >= 15 is 0 Å². The zero-order chi connectivity index (χ0) is 24.3. The fourth-order valence-electron chi connectivity index (χ4n) is 6.52. The van der Waals surface area contributed by atoms with E-state index in [0.29, 0.717) is 36.0 Å². The van der Waals surface area contributed by atoms with E-state index in [1.54, 1.807) is 43.3 Å². The van der Waals surface area contributed by atoms with E-state index < -0.39 is 46.7 Å². The van der Waals surface area contributed by atoms with Crippen LogP contribution in [0.1, 0.15) is 62.1 Å². The van der Waals surface area contributed by atoms with Crippen LogP contribution in [0.5, 0.6) is 0 Å². The number of aliphatic hydroxyl groups is 2. The molecule has 2 aliphatic carbocycles. The third kappa shape index (κ3) is 3.10. The summed E-state index contributed by atoms with van der Waals surface area (Å²) in [6.45, 7) is 5.53. The Bertz CT molecular complexity index is 1120. The van der Waals surface area contributed by atoms with Gasteiger partial charge in [0.25, 0.3) is 0 Å². The molecule has 0 bridgehead atoms. The van der Waals surface area contributed by atoms with Gasteiger partial charge in [-0.3, -0.25) is 0 Å². The van der Waals surface area contributed by atoms with Crippen LogP contribution in [-0.4, -0.2) is 40.0 Å². The fourth-order valence-corrected chi connectivity index (χ4v) is 6.52. The number of rotatable bonds is 3. The van der Waals surface area contributed by atoms with Gasteiger partial charge < -0.3 is 24.1 Å². The molecular formula is C27H30O7. The monoisotopic (exact) mass is 466 g/mol.